The van der Waals surface area contributed by atoms with E-state index < -0.39 is 0 Å². The maximum absolute atomic E-state index is 12.1. The smallest absolute Gasteiger partial charge is 0.249 e. The van der Waals surface area contributed by atoms with E-state index in [9.17, 15) is 9.59 Å². The summed E-state index contributed by atoms with van der Waals surface area (Å²) in [6.07, 6.45) is 10.1. The van der Waals surface area contributed by atoms with Crippen LogP contribution in [0.3, 0.4) is 0 Å². The van der Waals surface area contributed by atoms with Crippen molar-refractivity contribution in [3.05, 3.63) is 30.6 Å². The molecule has 142 valence electrons. The number of rotatable bonds is 3. The summed E-state index contributed by atoms with van der Waals surface area (Å²) < 4.78 is 8.14. The number of piperidine rings is 2. The lowest BCUT2D eigenvalue weighted by Crippen LogP contribution is -2.49. The van der Waals surface area contributed by atoms with Gasteiger partial charge in [-0.25, -0.2) is 0 Å². The molecule has 1 spiro atoms. The van der Waals surface area contributed by atoms with Gasteiger partial charge < -0.3 is 14.6 Å². The number of amides is 2. The minimum Gasteiger partial charge on any atom is -0.490 e. The Balaban J connectivity index is 1.28. The number of nitrogens with one attached hydrogen (secondary N) is 2. The first-order valence-corrected chi connectivity index (χ1v) is 9.93. The van der Waals surface area contributed by atoms with Crippen molar-refractivity contribution in [3.8, 4) is 5.75 Å². The van der Waals surface area contributed by atoms with Gasteiger partial charge in [0.05, 0.1) is 6.10 Å². The van der Waals surface area contributed by atoms with Crippen LogP contribution in [-0.2, 0) is 9.59 Å². The predicted octanol–water partition coefficient (Wildman–Crippen LogP) is 2.53. The Bertz CT molecular complexity index is 889. The number of imide groups is 1. The van der Waals surface area contributed by atoms with Crippen molar-refractivity contribution in [2.24, 2.45) is 5.41 Å². The molecule has 1 atom stereocenters. The van der Waals surface area contributed by atoms with Crippen molar-refractivity contribution in [1.29, 1.82) is 0 Å². The number of carbonyl (C=O) groups is 2. The molecule has 2 N–H and O–H groups in total. The molecule has 6 nitrogen and oxygen atoms in total. The first-order valence-electron chi connectivity index (χ1n) is 9.93. The minimum absolute atomic E-state index is 0.185. The molecule has 27 heavy (non-hydrogen) atoms. The van der Waals surface area contributed by atoms with Gasteiger partial charge in [-0.15, -0.1) is 0 Å². The van der Waals surface area contributed by atoms with Gasteiger partial charge in [0.2, 0.25) is 11.8 Å². The van der Waals surface area contributed by atoms with Gasteiger partial charge in [0.1, 0.15) is 11.8 Å². The highest BCUT2D eigenvalue weighted by atomic mass is 16.5. The summed E-state index contributed by atoms with van der Waals surface area (Å²) in [7, 11) is 0. The highest BCUT2D eigenvalue weighted by molar-refractivity contribution is 5.99. The molecule has 3 aliphatic rings. The van der Waals surface area contributed by atoms with Crippen LogP contribution in [0.5, 0.6) is 5.75 Å². The molecule has 0 bridgehead atoms. The summed E-state index contributed by atoms with van der Waals surface area (Å²) >= 11 is 0. The molecule has 5 rings (SSSR count). The van der Waals surface area contributed by atoms with Crippen LogP contribution in [0.4, 0.5) is 0 Å². The molecule has 1 aromatic heterocycles. The summed E-state index contributed by atoms with van der Waals surface area (Å²) in [6.45, 7) is 2.26. The number of aromatic nitrogens is 1. The Morgan fingerprint density at radius 1 is 1.07 bits per heavy atom. The second-order valence-corrected chi connectivity index (χ2v) is 8.36. The van der Waals surface area contributed by atoms with Crippen molar-refractivity contribution in [3.63, 3.8) is 0 Å². The molecule has 1 unspecified atom stereocenters. The molecule has 2 saturated heterocycles. The Kier molecular flexibility index (Phi) is 3.97. The lowest BCUT2D eigenvalue weighted by molar-refractivity contribution is -0.135. The van der Waals surface area contributed by atoms with Crippen LogP contribution in [0.25, 0.3) is 10.8 Å². The third kappa shape index (κ3) is 3.12. The second kappa shape index (κ2) is 6.37. The molecule has 2 aromatic rings. The quantitative estimate of drug-likeness (QED) is 0.818. The second-order valence-electron chi connectivity index (χ2n) is 8.36. The normalized spacial score (nSPS) is 25.4. The molecular formula is C21H25N3O3. The summed E-state index contributed by atoms with van der Waals surface area (Å²) in [6, 6.07) is 5.81. The topological polar surface area (TPSA) is 72.4 Å². The van der Waals surface area contributed by atoms with Crippen LogP contribution in [0.1, 0.15) is 44.6 Å². The van der Waals surface area contributed by atoms with E-state index in [2.05, 4.69) is 16.7 Å². The number of benzene rings is 1. The zero-order chi connectivity index (χ0) is 18.4. The maximum atomic E-state index is 12.1. The van der Waals surface area contributed by atoms with E-state index in [0.29, 0.717) is 24.4 Å². The van der Waals surface area contributed by atoms with Gasteiger partial charge in [-0.1, -0.05) is 0 Å². The SMILES string of the molecule is O=C1CCC(n2cc3ccc(OC4CC5(CCNCC5)C4)cc3c2)C(=O)N1. The number of nitrogens with zero attached hydrogens (tertiary/aromatic N) is 1. The van der Waals surface area contributed by atoms with Gasteiger partial charge in [0, 0.05) is 24.2 Å². The van der Waals surface area contributed by atoms with Gasteiger partial charge in [-0.2, -0.15) is 0 Å². The standard InChI is InChI=1S/C21H25N3O3/c25-19-4-3-18(20(26)23-19)24-12-14-1-2-16(9-15(14)13-24)27-17-10-21(11-17)5-7-22-8-6-21/h1-2,9,12-13,17-18,22H,3-8,10-11H2,(H,23,25,26). The fourth-order valence-electron chi connectivity index (χ4n) is 4.91. The zero-order valence-electron chi connectivity index (χ0n) is 15.4. The Hall–Kier alpha value is -2.34. The van der Waals surface area contributed by atoms with Crippen molar-refractivity contribution in [1.82, 2.24) is 15.2 Å². The van der Waals surface area contributed by atoms with E-state index in [1.807, 2.05) is 29.1 Å². The van der Waals surface area contributed by atoms with E-state index in [-0.39, 0.29) is 17.9 Å². The summed E-state index contributed by atoms with van der Waals surface area (Å²) in [5.41, 5.74) is 0.509. The summed E-state index contributed by atoms with van der Waals surface area (Å²) in [5, 5.41) is 8.00. The lowest BCUT2D eigenvalue weighted by Gasteiger charge is -2.49. The van der Waals surface area contributed by atoms with Gasteiger partial charge in [-0.3, -0.25) is 14.9 Å². The Morgan fingerprint density at radius 2 is 1.85 bits per heavy atom. The van der Waals surface area contributed by atoms with E-state index in [1.165, 1.54) is 12.8 Å². The van der Waals surface area contributed by atoms with E-state index >= 15 is 0 Å². The third-order valence-electron chi connectivity index (χ3n) is 6.49. The third-order valence-corrected chi connectivity index (χ3v) is 6.49. The minimum atomic E-state index is -0.314. The van der Waals surface area contributed by atoms with Crippen LogP contribution in [0.2, 0.25) is 0 Å². The molecule has 1 saturated carbocycles. The van der Waals surface area contributed by atoms with Crippen LogP contribution >= 0.6 is 0 Å². The average molecular weight is 367 g/mol. The molecule has 0 radical (unpaired) electrons. The molecule has 2 amide bonds. The van der Waals surface area contributed by atoms with Crippen molar-refractivity contribution in [2.45, 2.75) is 50.7 Å². The highest BCUT2D eigenvalue weighted by Crippen LogP contribution is 2.49. The number of hydrogen-bond donors (Lipinski definition) is 2. The number of fused-ring (bicyclic) bond motifs is 1. The Labute approximate surface area is 158 Å². The lowest BCUT2D eigenvalue weighted by atomic mass is 9.62. The van der Waals surface area contributed by atoms with Crippen LogP contribution in [0, 0.1) is 5.41 Å². The molecule has 6 heteroatoms. The van der Waals surface area contributed by atoms with Crippen molar-refractivity contribution >= 4 is 22.6 Å². The number of ether oxygens (including phenoxy) is 1. The fraction of sp³-hybridized carbons (Fsp3) is 0.524. The molecule has 3 fully saturated rings. The number of carbonyl (C=O) groups excluding carboxylic acids is 2. The first kappa shape index (κ1) is 16.8. The monoisotopic (exact) mass is 367 g/mol. The van der Waals surface area contributed by atoms with Crippen molar-refractivity contribution < 1.29 is 14.3 Å². The van der Waals surface area contributed by atoms with E-state index in [0.717, 1.165) is 42.5 Å². The highest BCUT2D eigenvalue weighted by Gasteiger charge is 2.45. The van der Waals surface area contributed by atoms with Crippen LogP contribution < -0.4 is 15.4 Å². The summed E-state index contributed by atoms with van der Waals surface area (Å²) in [5.74, 6) is 0.498. The average Bonchev–Trinajstić information content (AvgIpc) is 3.04. The van der Waals surface area contributed by atoms with E-state index in [4.69, 9.17) is 4.74 Å². The Morgan fingerprint density at radius 3 is 2.63 bits per heavy atom. The van der Waals surface area contributed by atoms with Crippen molar-refractivity contribution in [2.75, 3.05) is 13.1 Å². The zero-order valence-corrected chi connectivity index (χ0v) is 15.4. The van der Waals surface area contributed by atoms with Gasteiger partial charge in [0.25, 0.3) is 0 Å². The predicted molar refractivity (Wildman–Crippen MR) is 102 cm³/mol. The van der Waals surface area contributed by atoms with E-state index in [1.54, 1.807) is 0 Å². The summed E-state index contributed by atoms with van der Waals surface area (Å²) in [4.78, 5) is 23.5. The van der Waals surface area contributed by atoms with Gasteiger partial charge in [-0.05, 0) is 74.2 Å². The molecule has 1 aromatic carbocycles. The largest absolute Gasteiger partial charge is 0.490 e. The van der Waals surface area contributed by atoms with Gasteiger partial charge in [0.15, 0.2) is 0 Å². The molecule has 1 aliphatic carbocycles. The molecule has 2 aliphatic heterocycles. The fourth-order valence-corrected chi connectivity index (χ4v) is 4.91. The first-order chi connectivity index (χ1) is 13.1. The molecule has 3 heterocycles. The maximum Gasteiger partial charge on any atom is 0.249 e. The van der Waals surface area contributed by atoms with Gasteiger partial charge >= 0.3 is 0 Å². The van der Waals surface area contributed by atoms with Crippen LogP contribution in [0.15, 0.2) is 30.6 Å². The molecular weight excluding hydrogens is 342 g/mol. The van der Waals surface area contributed by atoms with Crippen LogP contribution in [-0.4, -0.2) is 35.6 Å². The number of hydrogen-bond acceptors (Lipinski definition) is 4.